The summed E-state index contributed by atoms with van der Waals surface area (Å²) in [5.41, 5.74) is 5.26. The Labute approximate surface area is 177 Å². The Bertz CT molecular complexity index is 1180. The average Bonchev–Trinajstić information content (AvgIpc) is 3.49. The molecular formula is C22H18N6O3. The van der Waals surface area contributed by atoms with Crippen LogP contribution in [0.3, 0.4) is 0 Å². The first-order valence-electron chi connectivity index (χ1n) is 9.40. The van der Waals surface area contributed by atoms with Crippen molar-refractivity contribution in [2.45, 2.75) is 6.54 Å². The first-order valence-corrected chi connectivity index (χ1v) is 9.40. The molecule has 0 spiro atoms. The molecule has 2 amide bonds. The topological polar surface area (TPSA) is 114 Å². The van der Waals surface area contributed by atoms with Gasteiger partial charge in [-0.2, -0.15) is 10.2 Å². The van der Waals surface area contributed by atoms with Crippen LogP contribution >= 0.6 is 0 Å². The van der Waals surface area contributed by atoms with Crippen molar-refractivity contribution >= 4 is 18.0 Å². The van der Waals surface area contributed by atoms with Crippen LogP contribution in [0.1, 0.15) is 11.3 Å². The lowest BCUT2D eigenvalue weighted by molar-refractivity contribution is -0.139. The van der Waals surface area contributed by atoms with Gasteiger partial charge in [-0.05, 0) is 36.4 Å². The summed E-state index contributed by atoms with van der Waals surface area (Å²) in [5.74, 6) is -1.16. The number of para-hydroxylation sites is 1. The maximum Gasteiger partial charge on any atom is 0.329 e. The molecule has 0 aliphatic carbocycles. The molecule has 0 fully saturated rings. The molecule has 0 atom stereocenters. The highest BCUT2D eigenvalue weighted by molar-refractivity contribution is 6.35. The molecule has 2 N–H and O–H groups in total. The van der Waals surface area contributed by atoms with Crippen molar-refractivity contribution in [2.75, 3.05) is 0 Å². The third-order valence-corrected chi connectivity index (χ3v) is 4.30. The SMILES string of the molecule is O=C(NCc1ccco1)C(=O)N/N=C\c1cn(-c2ccccc2)nc1-c1ccncc1. The van der Waals surface area contributed by atoms with Crippen LogP contribution in [0, 0.1) is 0 Å². The van der Waals surface area contributed by atoms with Crippen molar-refractivity contribution in [1.82, 2.24) is 25.5 Å². The van der Waals surface area contributed by atoms with Gasteiger partial charge in [-0.3, -0.25) is 14.6 Å². The van der Waals surface area contributed by atoms with Crippen LogP contribution in [0.4, 0.5) is 0 Å². The summed E-state index contributed by atoms with van der Waals surface area (Å²) in [7, 11) is 0. The van der Waals surface area contributed by atoms with Gasteiger partial charge in [0.05, 0.1) is 24.7 Å². The number of pyridine rings is 1. The van der Waals surface area contributed by atoms with E-state index >= 15 is 0 Å². The van der Waals surface area contributed by atoms with Gasteiger partial charge in [-0.1, -0.05) is 18.2 Å². The minimum atomic E-state index is -0.885. The van der Waals surface area contributed by atoms with Crippen LogP contribution in [0.15, 0.2) is 89.0 Å². The third-order valence-electron chi connectivity index (χ3n) is 4.30. The number of furan rings is 1. The Hall–Kier alpha value is -4.53. The second-order valence-electron chi connectivity index (χ2n) is 6.41. The zero-order chi connectivity index (χ0) is 21.5. The van der Waals surface area contributed by atoms with E-state index in [9.17, 15) is 9.59 Å². The highest BCUT2D eigenvalue weighted by Gasteiger charge is 2.14. The summed E-state index contributed by atoms with van der Waals surface area (Å²) in [6.07, 6.45) is 8.06. The Kier molecular flexibility index (Phi) is 5.94. The summed E-state index contributed by atoms with van der Waals surface area (Å²) in [5, 5.41) is 11.0. The van der Waals surface area contributed by atoms with E-state index in [0.29, 0.717) is 17.0 Å². The molecule has 0 unspecified atom stereocenters. The smallest absolute Gasteiger partial charge is 0.329 e. The average molecular weight is 414 g/mol. The van der Waals surface area contributed by atoms with Gasteiger partial charge in [-0.15, -0.1) is 0 Å². The Balaban J connectivity index is 1.49. The molecule has 4 aromatic rings. The Morgan fingerprint density at radius 3 is 2.58 bits per heavy atom. The highest BCUT2D eigenvalue weighted by Crippen LogP contribution is 2.21. The summed E-state index contributed by atoms with van der Waals surface area (Å²) in [6, 6.07) is 16.7. The molecule has 0 saturated carbocycles. The minimum Gasteiger partial charge on any atom is -0.467 e. The van der Waals surface area contributed by atoms with E-state index in [-0.39, 0.29) is 6.54 Å². The van der Waals surface area contributed by atoms with Crippen LogP contribution in [-0.4, -0.2) is 32.8 Å². The zero-order valence-electron chi connectivity index (χ0n) is 16.3. The lowest BCUT2D eigenvalue weighted by Gasteiger charge is -2.01. The zero-order valence-corrected chi connectivity index (χ0v) is 16.3. The molecule has 1 aromatic carbocycles. The normalized spacial score (nSPS) is 10.8. The molecule has 3 aromatic heterocycles. The van der Waals surface area contributed by atoms with Crippen LogP contribution < -0.4 is 10.7 Å². The van der Waals surface area contributed by atoms with Crippen molar-refractivity contribution in [3.8, 4) is 16.9 Å². The van der Waals surface area contributed by atoms with E-state index in [1.54, 1.807) is 35.4 Å². The lowest BCUT2D eigenvalue weighted by Crippen LogP contribution is -2.37. The lowest BCUT2D eigenvalue weighted by atomic mass is 10.1. The van der Waals surface area contributed by atoms with Gasteiger partial charge in [0.25, 0.3) is 0 Å². The van der Waals surface area contributed by atoms with Gasteiger partial charge < -0.3 is 9.73 Å². The number of carbonyl (C=O) groups excluding carboxylic acids is 2. The Morgan fingerprint density at radius 1 is 1.03 bits per heavy atom. The number of carbonyl (C=O) groups is 2. The van der Waals surface area contributed by atoms with E-state index in [1.807, 2.05) is 42.5 Å². The maximum absolute atomic E-state index is 12.0. The van der Waals surface area contributed by atoms with E-state index in [0.717, 1.165) is 11.3 Å². The van der Waals surface area contributed by atoms with Crippen LogP contribution in [0.5, 0.6) is 0 Å². The van der Waals surface area contributed by atoms with Gasteiger partial charge in [0.2, 0.25) is 0 Å². The molecule has 9 nitrogen and oxygen atoms in total. The van der Waals surface area contributed by atoms with E-state index in [2.05, 4.69) is 25.9 Å². The molecule has 9 heteroatoms. The summed E-state index contributed by atoms with van der Waals surface area (Å²) >= 11 is 0. The largest absolute Gasteiger partial charge is 0.467 e. The monoisotopic (exact) mass is 414 g/mol. The quantitative estimate of drug-likeness (QED) is 0.285. The van der Waals surface area contributed by atoms with Gasteiger partial charge >= 0.3 is 11.8 Å². The minimum absolute atomic E-state index is 0.110. The first-order chi connectivity index (χ1) is 15.2. The fraction of sp³-hybridized carbons (Fsp3) is 0.0455. The number of nitrogens with zero attached hydrogens (tertiary/aromatic N) is 4. The second-order valence-corrected chi connectivity index (χ2v) is 6.41. The number of hydrogen-bond acceptors (Lipinski definition) is 6. The molecule has 0 saturated heterocycles. The van der Waals surface area contributed by atoms with Crippen molar-refractivity contribution < 1.29 is 14.0 Å². The number of nitrogens with one attached hydrogen (secondary N) is 2. The van der Waals surface area contributed by atoms with Gasteiger partial charge in [0.1, 0.15) is 11.5 Å². The number of amides is 2. The number of aromatic nitrogens is 3. The van der Waals surface area contributed by atoms with E-state index < -0.39 is 11.8 Å². The number of benzene rings is 1. The Morgan fingerprint density at radius 2 is 1.84 bits per heavy atom. The van der Waals surface area contributed by atoms with Crippen molar-refractivity contribution in [2.24, 2.45) is 5.10 Å². The number of hydrazone groups is 1. The molecule has 3 heterocycles. The second kappa shape index (κ2) is 9.31. The number of hydrogen-bond donors (Lipinski definition) is 2. The van der Waals surface area contributed by atoms with Gasteiger partial charge in [-0.25, -0.2) is 10.1 Å². The molecule has 4 rings (SSSR count). The van der Waals surface area contributed by atoms with Gasteiger partial charge in [0, 0.05) is 29.7 Å². The van der Waals surface area contributed by atoms with Crippen LogP contribution in [-0.2, 0) is 16.1 Å². The van der Waals surface area contributed by atoms with Gasteiger partial charge in [0.15, 0.2) is 0 Å². The summed E-state index contributed by atoms with van der Waals surface area (Å²) in [4.78, 5) is 27.9. The predicted octanol–water partition coefficient (Wildman–Crippen LogP) is 2.29. The molecule has 0 aliphatic heterocycles. The molecule has 0 aliphatic rings. The summed E-state index contributed by atoms with van der Waals surface area (Å²) < 4.78 is 6.82. The van der Waals surface area contributed by atoms with Crippen molar-refractivity contribution in [3.63, 3.8) is 0 Å². The van der Waals surface area contributed by atoms with Crippen molar-refractivity contribution in [3.05, 3.63) is 90.8 Å². The standard InChI is InChI=1S/C22H18N6O3/c29-21(24-14-19-7-4-12-31-19)22(30)26-25-13-17-15-28(18-5-2-1-3-6-18)27-20(17)16-8-10-23-11-9-16/h1-13,15H,14H2,(H,24,29)(H,26,30)/b25-13-. The van der Waals surface area contributed by atoms with E-state index in [1.165, 1.54) is 12.5 Å². The predicted molar refractivity (Wildman–Crippen MR) is 113 cm³/mol. The fourth-order valence-corrected chi connectivity index (χ4v) is 2.80. The molecule has 154 valence electrons. The third kappa shape index (κ3) is 4.91. The summed E-state index contributed by atoms with van der Waals surface area (Å²) in [6.45, 7) is 0.110. The van der Waals surface area contributed by atoms with E-state index in [4.69, 9.17) is 4.42 Å². The molecule has 0 radical (unpaired) electrons. The fourth-order valence-electron chi connectivity index (χ4n) is 2.80. The highest BCUT2D eigenvalue weighted by atomic mass is 16.3. The number of rotatable bonds is 6. The van der Waals surface area contributed by atoms with Crippen LogP contribution in [0.2, 0.25) is 0 Å². The molecule has 0 bridgehead atoms. The van der Waals surface area contributed by atoms with Crippen LogP contribution in [0.25, 0.3) is 16.9 Å². The van der Waals surface area contributed by atoms with Crippen molar-refractivity contribution in [1.29, 1.82) is 0 Å². The first kappa shape index (κ1) is 19.8. The molecular weight excluding hydrogens is 396 g/mol. The maximum atomic E-state index is 12.0. The molecule has 31 heavy (non-hydrogen) atoms.